The molecule has 194 valence electrons. The molecule has 2 aromatic rings. The molecule has 1 saturated heterocycles. The number of nitrogens with one attached hydrogen (secondary N) is 1. The number of benzene rings is 1. The Morgan fingerprint density at radius 1 is 1.14 bits per heavy atom. The van der Waals surface area contributed by atoms with Crippen molar-refractivity contribution >= 4 is 23.8 Å². The minimum atomic E-state index is -1.36. The number of halogens is 1. The summed E-state index contributed by atoms with van der Waals surface area (Å²) < 4.78 is 37.1. The Bertz CT molecular complexity index is 1140. The Labute approximate surface area is 206 Å². The molecular weight excluding hydrogens is 477 g/mol. The fourth-order valence-electron chi connectivity index (χ4n) is 3.64. The molecule has 1 N–H and O–H groups in total. The first-order valence-electron chi connectivity index (χ1n) is 11.5. The van der Waals surface area contributed by atoms with E-state index in [2.05, 4.69) is 10.3 Å². The van der Waals surface area contributed by atoms with Crippen LogP contribution in [0.15, 0.2) is 41.3 Å². The van der Waals surface area contributed by atoms with Gasteiger partial charge in [0.2, 0.25) is 0 Å². The molecule has 36 heavy (non-hydrogen) atoms. The van der Waals surface area contributed by atoms with Gasteiger partial charge in [0, 0.05) is 6.92 Å². The van der Waals surface area contributed by atoms with Gasteiger partial charge in [-0.25, -0.2) is 18.8 Å². The summed E-state index contributed by atoms with van der Waals surface area (Å²) in [5.74, 6) is -3.10. The molecular formula is C24H28FN3O8. The lowest BCUT2D eigenvalue weighted by atomic mass is 10.1. The number of rotatable bonds is 9. The van der Waals surface area contributed by atoms with Gasteiger partial charge < -0.3 is 18.9 Å². The molecule has 0 aliphatic carbocycles. The molecule has 1 aromatic heterocycles. The number of anilines is 1. The summed E-state index contributed by atoms with van der Waals surface area (Å²) in [4.78, 5) is 52.6. The van der Waals surface area contributed by atoms with Crippen molar-refractivity contribution in [2.75, 3.05) is 11.9 Å². The minimum Gasteiger partial charge on any atom is -0.456 e. The van der Waals surface area contributed by atoms with Crippen molar-refractivity contribution in [1.29, 1.82) is 0 Å². The molecule has 12 heteroatoms. The molecule has 0 bridgehead atoms. The maximum absolute atomic E-state index is 14.8. The molecule has 3 rings (SSSR count). The Morgan fingerprint density at radius 3 is 2.53 bits per heavy atom. The van der Waals surface area contributed by atoms with Crippen LogP contribution in [0.2, 0.25) is 0 Å². The average molecular weight is 505 g/mol. The molecule has 0 radical (unpaired) electrons. The molecule has 1 aliphatic rings. The molecule has 4 atom stereocenters. The lowest BCUT2D eigenvalue weighted by Gasteiger charge is -2.24. The van der Waals surface area contributed by atoms with Crippen LogP contribution in [0, 0.1) is 5.82 Å². The molecule has 1 aliphatic heterocycles. The number of hydrogen-bond acceptors (Lipinski definition) is 9. The van der Waals surface area contributed by atoms with E-state index in [0.29, 0.717) is 6.42 Å². The zero-order valence-corrected chi connectivity index (χ0v) is 20.1. The molecule has 2 heterocycles. The molecule has 0 unspecified atom stereocenters. The summed E-state index contributed by atoms with van der Waals surface area (Å²) in [6.07, 6.45) is -2.29. The van der Waals surface area contributed by atoms with Crippen LogP contribution in [0.5, 0.6) is 0 Å². The van der Waals surface area contributed by atoms with Crippen LogP contribution in [-0.4, -0.2) is 52.5 Å². The summed E-state index contributed by atoms with van der Waals surface area (Å²) in [6.45, 7) is 4.85. The first-order chi connectivity index (χ1) is 17.2. The van der Waals surface area contributed by atoms with Crippen LogP contribution in [-0.2, 0) is 23.7 Å². The van der Waals surface area contributed by atoms with Crippen LogP contribution in [0.25, 0.3) is 0 Å². The van der Waals surface area contributed by atoms with Crippen LogP contribution in [0.3, 0.4) is 0 Å². The highest BCUT2D eigenvalue weighted by atomic mass is 19.1. The number of aromatic nitrogens is 2. The number of unbranched alkanes of at least 4 members (excludes halogenated alkanes) is 2. The number of nitrogens with zero attached hydrogens (tertiary/aromatic N) is 2. The van der Waals surface area contributed by atoms with Crippen LogP contribution in [0.1, 0.15) is 56.6 Å². The van der Waals surface area contributed by atoms with Crippen molar-refractivity contribution < 1.29 is 37.7 Å². The number of ether oxygens (including phenoxy) is 4. The quantitative estimate of drug-likeness (QED) is 0.310. The van der Waals surface area contributed by atoms with Gasteiger partial charge in [0.25, 0.3) is 0 Å². The lowest BCUT2D eigenvalue weighted by Crippen LogP contribution is -2.41. The van der Waals surface area contributed by atoms with Crippen LogP contribution in [0.4, 0.5) is 15.0 Å². The first kappa shape index (κ1) is 26.8. The van der Waals surface area contributed by atoms with E-state index in [1.165, 1.54) is 19.1 Å². The molecule has 0 spiro atoms. The molecule has 11 nitrogen and oxygen atoms in total. The first-order valence-corrected chi connectivity index (χ1v) is 11.5. The maximum atomic E-state index is 14.8. The van der Waals surface area contributed by atoms with Gasteiger partial charge in [-0.3, -0.25) is 14.7 Å². The van der Waals surface area contributed by atoms with Gasteiger partial charge in [0.1, 0.15) is 0 Å². The topological polar surface area (TPSA) is 135 Å². The number of amides is 1. The fourth-order valence-corrected chi connectivity index (χ4v) is 3.64. The summed E-state index contributed by atoms with van der Waals surface area (Å²) in [7, 11) is 0. The number of carbonyl (C=O) groups excluding carboxylic acids is 3. The predicted octanol–water partition coefficient (Wildman–Crippen LogP) is 3.20. The number of esters is 2. The monoisotopic (exact) mass is 505 g/mol. The second kappa shape index (κ2) is 12.2. The van der Waals surface area contributed by atoms with Crippen LogP contribution >= 0.6 is 0 Å². The lowest BCUT2D eigenvalue weighted by molar-refractivity contribution is -0.152. The van der Waals surface area contributed by atoms with Gasteiger partial charge in [-0.05, 0) is 25.5 Å². The van der Waals surface area contributed by atoms with Gasteiger partial charge in [-0.15, -0.1) is 0 Å². The zero-order valence-electron chi connectivity index (χ0n) is 20.1. The van der Waals surface area contributed by atoms with E-state index in [0.717, 1.165) is 23.6 Å². The van der Waals surface area contributed by atoms with E-state index in [9.17, 15) is 23.6 Å². The summed E-state index contributed by atoms with van der Waals surface area (Å²) in [5, 5.41) is 2.10. The van der Waals surface area contributed by atoms with Crippen molar-refractivity contribution in [3.05, 3.63) is 58.4 Å². The Balaban J connectivity index is 1.84. The van der Waals surface area contributed by atoms with Crippen molar-refractivity contribution in [2.45, 2.75) is 64.6 Å². The molecule has 0 saturated carbocycles. The van der Waals surface area contributed by atoms with Crippen LogP contribution < -0.4 is 11.0 Å². The van der Waals surface area contributed by atoms with Crippen molar-refractivity contribution in [3.8, 4) is 0 Å². The SMILES string of the molecule is CCCCCOC(=O)Nc1nc(=O)n([C@@H]2O[C@H](C)[C@@H](OC(C)=O)[C@H]2OC(=O)c2ccccc2)cc1F. The van der Waals surface area contributed by atoms with E-state index >= 15 is 0 Å². The predicted molar refractivity (Wildman–Crippen MR) is 124 cm³/mol. The second-order valence-electron chi connectivity index (χ2n) is 8.14. The largest absolute Gasteiger partial charge is 0.456 e. The van der Waals surface area contributed by atoms with E-state index in [-0.39, 0.29) is 12.2 Å². The third-order valence-corrected chi connectivity index (χ3v) is 5.36. The van der Waals surface area contributed by atoms with Crippen molar-refractivity contribution in [1.82, 2.24) is 9.55 Å². The molecule has 1 amide bonds. The highest BCUT2D eigenvalue weighted by Crippen LogP contribution is 2.34. The smallest absolute Gasteiger partial charge is 0.412 e. The van der Waals surface area contributed by atoms with Crippen molar-refractivity contribution in [3.63, 3.8) is 0 Å². The zero-order chi connectivity index (χ0) is 26.2. The van der Waals surface area contributed by atoms with Gasteiger partial charge in [-0.2, -0.15) is 4.98 Å². The maximum Gasteiger partial charge on any atom is 0.412 e. The fraction of sp³-hybridized carbons (Fsp3) is 0.458. The van der Waals surface area contributed by atoms with E-state index in [1.54, 1.807) is 25.1 Å². The summed E-state index contributed by atoms with van der Waals surface area (Å²) >= 11 is 0. The third kappa shape index (κ3) is 6.66. The number of carbonyl (C=O) groups is 3. The summed E-state index contributed by atoms with van der Waals surface area (Å²) in [5.41, 5.74) is -0.787. The Hall–Kier alpha value is -3.80. The Morgan fingerprint density at radius 2 is 1.86 bits per heavy atom. The van der Waals surface area contributed by atoms with E-state index < -0.39 is 59.9 Å². The van der Waals surface area contributed by atoms with E-state index in [4.69, 9.17) is 18.9 Å². The van der Waals surface area contributed by atoms with E-state index in [1.807, 2.05) is 6.92 Å². The van der Waals surface area contributed by atoms with Gasteiger partial charge in [0.15, 0.2) is 30.1 Å². The second-order valence-corrected chi connectivity index (χ2v) is 8.14. The third-order valence-electron chi connectivity index (χ3n) is 5.36. The number of hydrogen-bond donors (Lipinski definition) is 1. The Kier molecular flexibility index (Phi) is 9.12. The highest BCUT2D eigenvalue weighted by Gasteiger charge is 2.49. The minimum absolute atomic E-state index is 0.137. The van der Waals surface area contributed by atoms with Crippen molar-refractivity contribution in [2.24, 2.45) is 0 Å². The van der Waals surface area contributed by atoms with Gasteiger partial charge in [0.05, 0.1) is 24.5 Å². The summed E-state index contributed by atoms with van der Waals surface area (Å²) in [6, 6.07) is 8.03. The van der Waals surface area contributed by atoms with Gasteiger partial charge in [-0.1, -0.05) is 38.0 Å². The highest BCUT2D eigenvalue weighted by molar-refractivity contribution is 5.89. The molecule has 1 aromatic carbocycles. The molecule has 1 fully saturated rings. The average Bonchev–Trinajstić information content (AvgIpc) is 3.13. The normalized spacial score (nSPS) is 21.0. The standard InChI is InChI=1S/C24H28FN3O8/c1-4-5-9-12-33-24(32)27-20-17(25)13-28(23(31)26-20)21-19(18(14(2)34-21)35-15(3)29)36-22(30)16-10-7-6-8-11-16/h6-8,10-11,13-14,18-19,21H,4-5,9,12H2,1-3H3,(H,26,27,31,32)/t14-,18-,19-,21-/m1/s1. The van der Waals surface area contributed by atoms with Gasteiger partial charge >= 0.3 is 23.7 Å².